The molecule has 0 amide bonds. The summed E-state index contributed by atoms with van der Waals surface area (Å²) in [4.78, 5) is 14.2. The van der Waals surface area contributed by atoms with E-state index in [1.54, 1.807) is 0 Å². The Morgan fingerprint density at radius 1 is 1.53 bits per heavy atom. The molecule has 0 bridgehead atoms. The third-order valence-corrected chi connectivity index (χ3v) is 2.59. The number of hydrogen-bond acceptors (Lipinski definition) is 4. The number of hydrogen-bond donors (Lipinski definition) is 1. The van der Waals surface area contributed by atoms with E-state index < -0.39 is 5.03 Å². The summed E-state index contributed by atoms with van der Waals surface area (Å²) in [5, 5.41) is 9.89. The fourth-order valence-electron chi connectivity index (χ4n) is 1.96. The predicted octanol–water partition coefficient (Wildman–Crippen LogP) is -0.566. The van der Waals surface area contributed by atoms with Crippen LogP contribution >= 0.6 is 0 Å². The summed E-state index contributed by atoms with van der Waals surface area (Å²) in [6.45, 7) is 5.16. The van der Waals surface area contributed by atoms with Crippen LogP contribution in [0.2, 0.25) is 0 Å². The van der Waals surface area contributed by atoms with E-state index in [2.05, 4.69) is 12.0 Å². The van der Waals surface area contributed by atoms with Gasteiger partial charge in [-0.3, -0.25) is 4.48 Å². The number of quaternary nitrogens is 1. The van der Waals surface area contributed by atoms with Crippen molar-refractivity contribution in [2.75, 3.05) is 34.5 Å². The van der Waals surface area contributed by atoms with Crippen LogP contribution in [-0.4, -0.2) is 60.1 Å². The van der Waals surface area contributed by atoms with Gasteiger partial charge in [0.25, 0.3) is 0 Å². The standard InChI is InChI=1S/C8H18N5O2/c1-5-13(4)6-10(2)8(9-12(14)15)11(3)7-13/h5,8-9H,1,6-7H2,2-4H3/q+1. The van der Waals surface area contributed by atoms with Gasteiger partial charge in [-0.15, -0.1) is 5.43 Å². The zero-order valence-corrected chi connectivity index (χ0v) is 9.38. The van der Waals surface area contributed by atoms with Crippen molar-refractivity contribution in [2.45, 2.75) is 6.29 Å². The van der Waals surface area contributed by atoms with Crippen LogP contribution in [0.1, 0.15) is 0 Å². The van der Waals surface area contributed by atoms with Gasteiger partial charge in [-0.1, -0.05) is 0 Å². The molecule has 1 heterocycles. The number of hydrazine groups is 1. The molecule has 1 aliphatic rings. The quantitative estimate of drug-likeness (QED) is 0.389. The van der Waals surface area contributed by atoms with Crippen LogP contribution in [0.5, 0.6) is 0 Å². The molecule has 0 radical (unpaired) electrons. The maximum atomic E-state index is 10.4. The molecule has 0 spiro atoms. The Kier molecular flexibility index (Phi) is 3.28. The fraction of sp³-hybridized carbons (Fsp3) is 0.750. The minimum Gasteiger partial charge on any atom is -0.275 e. The zero-order chi connectivity index (χ0) is 11.6. The molecule has 86 valence electrons. The summed E-state index contributed by atoms with van der Waals surface area (Å²) >= 11 is 0. The Hall–Kier alpha value is -1.18. The second kappa shape index (κ2) is 4.13. The van der Waals surface area contributed by atoms with Gasteiger partial charge in [0.05, 0.1) is 13.2 Å². The summed E-state index contributed by atoms with van der Waals surface area (Å²) < 4.78 is 0.642. The summed E-state index contributed by atoms with van der Waals surface area (Å²) in [5.74, 6) is 0. The van der Waals surface area contributed by atoms with Crippen molar-refractivity contribution in [2.24, 2.45) is 0 Å². The Balaban J connectivity index is 2.72. The molecule has 7 nitrogen and oxygen atoms in total. The van der Waals surface area contributed by atoms with E-state index >= 15 is 0 Å². The third-order valence-electron chi connectivity index (χ3n) is 2.59. The largest absolute Gasteiger partial charge is 0.275 e. The van der Waals surface area contributed by atoms with Crippen LogP contribution in [0, 0.1) is 10.1 Å². The maximum absolute atomic E-state index is 10.4. The van der Waals surface area contributed by atoms with Gasteiger partial charge in [-0.05, 0) is 20.7 Å². The Morgan fingerprint density at radius 2 is 2.00 bits per heavy atom. The van der Waals surface area contributed by atoms with E-state index in [0.717, 1.165) is 0 Å². The van der Waals surface area contributed by atoms with Crippen molar-refractivity contribution >= 4 is 0 Å². The van der Waals surface area contributed by atoms with Gasteiger partial charge in [0.2, 0.25) is 6.29 Å². The average molecular weight is 216 g/mol. The maximum Gasteiger partial charge on any atom is 0.203 e. The second-order valence-corrected chi connectivity index (χ2v) is 4.22. The topological polar surface area (TPSA) is 61.6 Å². The summed E-state index contributed by atoms with van der Waals surface area (Å²) in [6, 6.07) is 0. The molecule has 0 atom stereocenters. The Morgan fingerprint density at radius 3 is 2.33 bits per heavy atom. The normalized spacial score (nSPS) is 33.7. The van der Waals surface area contributed by atoms with E-state index in [9.17, 15) is 10.1 Å². The van der Waals surface area contributed by atoms with Crippen LogP contribution in [0.25, 0.3) is 0 Å². The lowest BCUT2D eigenvalue weighted by Crippen LogP contribution is -2.68. The lowest BCUT2D eigenvalue weighted by Gasteiger charge is -2.46. The Labute approximate surface area is 89.3 Å². The molecule has 0 aromatic rings. The van der Waals surface area contributed by atoms with E-state index in [1.165, 1.54) is 0 Å². The van der Waals surface area contributed by atoms with Gasteiger partial charge < -0.3 is 0 Å². The third kappa shape index (κ3) is 2.65. The van der Waals surface area contributed by atoms with Gasteiger partial charge >= 0.3 is 0 Å². The van der Waals surface area contributed by atoms with Crippen LogP contribution in [0.3, 0.4) is 0 Å². The van der Waals surface area contributed by atoms with Gasteiger partial charge in [-0.25, -0.2) is 19.9 Å². The summed E-state index contributed by atoms with van der Waals surface area (Å²) in [5.41, 5.74) is 2.27. The molecular formula is C8H18N5O2+. The molecule has 0 aromatic heterocycles. The molecule has 0 aliphatic carbocycles. The van der Waals surface area contributed by atoms with Crippen molar-refractivity contribution in [3.8, 4) is 0 Å². The van der Waals surface area contributed by atoms with Crippen molar-refractivity contribution in [1.82, 2.24) is 15.2 Å². The molecule has 1 rings (SSSR count). The molecule has 1 saturated heterocycles. The van der Waals surface area contributed by atoms with Gasteiger partial charge in [0.1, 0.15) is 13.3 Å². The van der Waals surface area contributed by atoms with E-state index in [-0.39, 0.29) is 6.29 Å². The minimum atomic E-state index is -0.513. The lowest BCUT2D eigenvalue weighted by molar-refractivity contribution is -0.892. The molecule has 1 aliphatic heterocycles. The lowest BCUT2D eigenvalue weighted by atomic mass is 10.4. The van der Waals surface area contributed by atoms with Crippen LogP contribution in [0.15, 0.2) is 12.8 Å². The highest BCUT2D eigenvalue weighted by atomic mass is 16.7. The zero-order valence-electron chi connectivity index (χ0n) is 9.38. The average Bonchev–Trinajstić information content (AvgIpc) is 2.11. The van der Waals surface area contributed by atoms with Crippen LogP contribution < -0.4 is 5.43 Å². The highest BCUT2D eigenvalue weighted by Crippen LogP contribution is 2.15. The van der Waals surface area contributed by atoms with E-state index in [4.69, 9.17) is 0 Å². The van der Waals surface area contributed by atoms with Gasteiger partial charge in [-0.2, -0.15) is 0 Å². The SMILES string of the molecule is C=C[N+]1(C)CN(C)C(N[N+](=O)[O-])N(C)C1. The molecule has 1 N–H and O–H groups in total. The van der Waals surface area contributed by atoms with Crippen molar-refractivity contribution in [3.63, 3.8) is 0 Å². The predicted molar refractivity (Wildman–Crippen MR) is 55.6 cm³/mol. The first-order valence-corrected chi connectivity index (χ1v) is 4.67. The van der Waals surface area contributed by atoms with Crippen molar-refractivity contribution in [3.05, 3.63) is 22.9 Å². The Bertz CT molecular complexity index is 258. The fourth-order valence-corrected chi connectivity index (χ4v) is 1.96. The van der Waals surface area contributed by atoms with E-state index in [1.807, 2.05) is 37.1 Å². The first kappa shape index (κ1) is 11.9. The van der Waals surface area contributed by atoms with Crippen LogP contribution in [-0.2, 0) is 0 Å². The molecule has 7 heteroatoms. The van der Waals surface area contributed by atoms with Gasteiger partial charge in [0.15, 0.2) is 5.03 Å². The summed E-state index contributed by atoms with van der Waals surface area (Å²) in [6.07, 6.45) is 1.47. The first-order valence-electron chi connectivity index (χ1n) is 4.67. The van der Waals surface area contributed by atoms with Crippen LogP contribution in [0.4, 0.5) is 0 Å². The smallest absolute Gasteiger partial charge is 0.203 e. The highest BCUT2D eigenvalue weighted by molar-refractivity contribution is 4.66. The molecule has 0 unspecified atom stereocenters. The van der Waals surface area contributed by atoms with Crippen molar-refractivity contribution < 1.29 is 9.52 Å². The highest BCUT2D eigenvalue weighted by Gasteiger charge is 2.38. The molecule has 0 aromatic carbocycles. The van der Waals surface area contributed by atoms with E-state index in [0.29, 0.717) is 17.8 Å². The van der Waals surface area contributed by atoms with Gasteiger partial charge in [0, 0.05) is 0 Å². The first-order chi connectivity index (χ1) is 6.88. The number of rotatable bonds is 3. The summed E-state index contributed by atoms with van der Waals surface area (Å²) in [7, 11) is 5.72. The van der Waals surface area contributed by atoms with Crippen molar-refractivity contribution in [1.29, 1.82) is 0 Å². The second-order valence-electron chi connectivity index (χ2n) is 4.22. The number of nitrogens with one attached hydrogen (secondary N) is 1. The number of nitro groups is 1. The molecular weight excluding hydrogens is 198 g/mol. The molecule has 0 saturated carbocycles. The monoisotopic (exact) mass is 216 g/mol. The molecule has 15 heavy (non-hydrogen) atoms. The molecule has 1 fully saturated rings. The minimum absolute atomic E-state index is 0.369. The number of nitrogens with zero attached hydrogens (tertiary/aromatic N) is 4.